The Kier molecular flexibility index (Phi) is 7.26. The number of nitrogens with zero attached hydrogens (tertiary/aromatic N) is 5. The van der Waals surface area contributed by atoms with Crippen molar-refractivity contribution in [1.29, 1.82) is 0 Å². The van der Waals surface area contributed by atoms with E-state index in [0.29, 0.717) is 30.8 Å². The topological polar surface area (TPSA) is 89.5 Å². The number of ether oxygens (including phenoxy) is 1. The normalized spacial score (nSPS) is 17.4. The number of fused-ring (bicyclic) bond motifs is 1. The van der Waals surface area contributed by atoms with E-state index in [1.807, 2.05) is 17.0 Å². The second kappa shape index (κ2) is 11.1. The summed E-state index contributed by atoms with van der Waals surface area (Å²) in [6.07, 6.45) is 9.38. The average molecular weight is 537 g/mol. The minimum absolute atomic E-state index is 0.0179. The first-order valence-electron chi connectivity index (χ1n) is 14.0. The zero-order valence-corrected chi connectivity index (χ0v) is 23.2. The molecule has 8 nitrogen and oxygen atoms in total. The number of carbonyl (C=O) groups excluding carboxylic acids is 1. The number of anilines is 1. The molecule has 1 aliphatic heterocycles. The van der Waals surface area contributed by atoms with E-state index in [0.717, 1.165) is 41.5 Å². The van der Waals surface area contributed by atoms with Crippen LogP contribution in [0, 0.1) is 0 Å². The number of methoxy groups -OCH3 is 1. The highest BCUT2D eigenvalue weighted by atomic mass is 16.5. The highest BCUT2D eigenvalue weighted by Gasteiger charge is 2.33. The fourth-order valence-corrected chi connectivity index (χ4v) is 5.81. The van der Waals surface area contributed by atoms with Crippen LogP contribution in [0.2, 0.25) is 0 Å². The zero-order chi connectivity index (χ0) is 27.6. The summed E-state index contributed by atoms with van der Waals surface area (Å²) in [5.41, 5.74) is 11.5. The number of aromatic nitrogens is 3. The van der Waals surface area contributed by atoms with Crippen LogP contribution in [0.5, 0.6) is 5.88 Å². The predicted molar refractivity (Wildman–Crippen MR) is 158 cm³/mol. The summed E-state index contributed by atoms with van der Waals surface area (Å²) in [6, 6.07) is 19.6. The van der Waals surface area contributed by atoms with Crippen molar-refractivity contribution in [1.82, 2.24) is 24.3 Å². The van der Waals surface area contributed by atoms with E-state index in [1.165, 1.54) is 30.3 Å². The quantitative estimate of drug-likeness (QED) is 0.312. The van der Waals surface area contributed by atoms with Gasteiger partial charge in [-0.25, -0.2) is 9.97 Å². The van der Waals surface area contributed by atoms with Crippen molar-refractivity contribution >= 4 is 22.8 Å². The van der Waals surface area contributed by atoms with Crippen molar-refractivity contribution in [3.05, 3.63) is 84.2 Å². The van der Waals surface area contributed by atoms with Crippen LogP contribution in [0.3, 0.4) is 0 Å². The Labute approximate surface area is 235 Å². The van der Waals surface area contributed by atoms with Crippen molar-refractivity contribution < 1.29 is 9.53 Å². The molecule has 2 aromatic heterocycles. The van der Waals surface area contributed by atoms with Gasteiger partial charge in [-0.3, -0.25) is 14.3 Å². The van der Waals surface area contributed by atoms with Gasteiger partial charge in [0.1, 0.15) is 17.8 Å². The van der Waals surface area contributed by atoms with Crippen molar-refractivity contribution in [2.75, 3.05) is 39.5 Å². The van der Waals surface area contributed by atoms with Crippen molar-refractivity contribution in [2.24, 2.45) is 0 Å². The molecule has 1 amide bonds. The Morgan fingerprint density at radius 2 is 1.82 bits per heavy atom. The minimum atomic E-state index is 0.0179. The molecule has 0 radical (unpaired) electrons. The lowest BCUT2D eigenvalue weighted by Gasteiger charge is -2.18. The first-order chi connectivity index (χ1) is 19.5. The number of nitrogen functional groups attached to an aromatic ring is 1. The maximum atomic E-state index is 13.0. The van der Waals surface area contributed by atoms with Gasteiger partial charge < -0.3 is 15.4 Å². The number of hydrogen-bond donors (Lipinski definition) is 1. The molecule has 8 heteroatoms. The van der Waals surface area contributed by atoms with Crippen LogP contribution in [-0.4, -0.2) is 70.1 Å². The van der Waals surface area contributed by atoms with Crippen LogP contribution in [0.4, 0.5) is 5.82 Å². The minimum Gasteiger partial charge on any atom is -0.482 e. The second-order valence-corrected chi connectivity index (χ2v) is 10.9. The Bertz CT molecular complexity index is 1520. The van der Waals surface area contributed by atoms with E-state index in [1.54, 1.807) is 13.2 Å². The van der Waals surface area contributed by atoms with E-state index in [9.17, 15) is 4.79 Å². The van der Waals surface area contributed by atoms with E-state index in [-0.39, 0.29) is 11.9 Å². The lowest BCUT2D eigenvalue weighted by molar-refractivity contribution is -0.125. The molecule has 1 saturated carbocycles. The van der Waals surface area contributed by atoms with Gasteiger partial charge in [0, 0.05) is 31.8 Å². The van der Waals surface area contributed by atoms with Gasteiger partial charge in [-0.05, 0) is 49.4 Å². The predicted octanol–water partition coefficient (Wildman–Crippen LogP) is 4.70. The maximum absolute atomic E-state index is 13.0. The third-order valence-electron chi connectivity index (χ3n) is 8.12. The number of rotatable bonds is 9. The molecule has 1 aliphatic carbocycles. The van der Waals surface area contributed by atoms with Gasteiger partial charge in [0.2, 0.25) is 11.8 Å². The fourth-order valence-electron chi connectivity index (χ4n) is 5.81. The van der Waals surface area contributed by atoms with Crippen LogP contribution >= 0.6 is 0 Å². The largest absolute Gasteiger partial charge is 0.482 e. The van der Waals surface area contributed by atoms with Crippen molar-refractivity contribution in [3.8, 4) is 17.0 Å². The van der Waals surface area contributed by atoms with Gasteiger partial charge in [0.25, 0.3) is 0 Å². The number of amides is 1. The van der Waals surface area contributed by atoms with E-state index in [4.69, 9.17) is 10.5 Å². The van der Waals surface area contributed by atoms with Crippen LogP contribution in [-0.2, 0) is 11.2 Å². The van der Waals surface area contributed by atoms with Crippen LogP contribution < -0.4 is 10.5 Å². The number of likely N-dealkylation sites (N-methyl/N-ethyl adjacent to an activating group) is 1. The summed E-state index contributed by atoms with van der Waals surface area (Å²) in [5, 5.41) is 0.781. The molecule has 1 atom stereocenters. The summed E-state index contributed by atoms with van der Waals surface area (Å²) < 4.78 is 8.15. The number of carbonyl (C=O) groups is 1. The second-order valence-electron chi connectivity index (χ2n) is 10.9. The number of likely N-dealkylation sites (tertiary alicyclic amines) is 1. The van der Waals surface area contributed by atoms with Crippen LogP contribution in [0.1, 0.15) is 36.4 Å². The highest BCUT2D eigenvalue weighted by Crippen LogP contribution is 2.44. The molecule has 4 aromatic rings. The van der Waals surface area contributed by atoms with Gasteiger partial charge in [0.15, 0.2) is 0 Å². The SMILES string of the molecule is COc1c(-c2ccc(Cc3ccccc3)cc2)c2c(N)ncnc2n1[C@@H]1CCN(C(=O)/C=C/CN(C)C2CC2)C1. The summed E-state index contributed by atoms with van der Waals surface area (Å²) in [5.74, 6) is 1.16. The molecule has 206 valence electrons. The van der Waals surface area contributed by atoms with Gasteiger partial charge in [-0.1, -0.05) is 60.7 Å². The molecule has 40 heavy (non-hydrogen) atoms. The number of nitrogens with two attached hydrogens (primary N) is 1. The monoisotopic (exact) mass is 536 g/mol. The maximum Gasteiger partial charge on any atom is 0.246 e. The molecule has 2 aliphatic rings. The van der Waals surface area contributed by atoms with E-state index >= 15 is 0 Å². The molecule has 2 N–H and O–H groups in total. The Balaban J connectivity index is 1.28. The first-order valence-corrected chi connectivity index (χ1v) is 14.0. The Morgan fingerprint density at radius 1 is 1.07 bits per heavy atom. The van der Waals surface area contributed by atoms with E-state index < -0.39 is 0 Å². The molecule has 0 unspecified atom stereocenters. The summed E-state index contributed by atoms with van der Waals surface area (Å²) >= 11 is 0. The van der Waals surface area contributed by atoms with Crippen LogP contribution in [0.25, 0.3) is 22.2 Å². The average Bonchev–Trinajstić information content (AvgIpc) is 3.61. The Hall–Kier alpha value is -4.17. The standard InChI is InChI=1S/C32H36N6O2/c1-36(25-14-15-25)17-6-9-27(39)37-18-16-26(20-37)38-31-29(30(33)34-21-35-31)28(32(38)40-2)24-12-10-23(11-13-24)19-22-7-4-3-5-8-22/h3-13,21,25-26H,14-20H2,1-2H3,(H2,33,34,35)/b9-6+/t26-/m1/s1. The lowest BCUT2D eigenvalue weighted by Crippen LogP contribution is -2.28. The van der Waals surface area contributed by atoms with Gasteiger partial charge in [0.05, 0.1) is 24.1 Å². The number of hydrogen-bond acceptors (Lipinski definition) is 6. The molecular formula is C32H36N6O2. The summed E-state index contributed by atoms with van der Waals surface area (Å²) in [6.45, 7) is 2.06. The molecule has 6 rings (SSSR count). The fraction of sp³-hybridized carbons (Fsp3) is 0.344. The summed E-state index contributed by atoms with van der Waals surface area (Å²) in [4.78, 5) is 26.1. The van der Waals surface area contributed by atoms with Gasteiger partial charge in [-0.2, -0.15) is 0 Å². The highest BCUT2D eigenvalue weighted by molar-refractivity contribution is 6.04. The smallest absolute Gasteiger partial charge is 0.246 e. The number of benzene rings is 2. The molecule has 2 fully saturated rings. The molecule has 3 heterocycles. The van der Waals surface area contributed by atoms with Crippen LogP contribution in [0.15, 0.2) is 73.1 Å². The molecule has 2 aromatic carbocycles. The molecular weight excluding hydrogens is 500 g/mol. The van der Waals surface area contributed by atoms with Crippen molar-refractivity contribution in [3.63, 3.8) is 0 Å². The third kappa shape index (κ3) is 5.19. The molecule has 1 saturated heterocycles. The van der Waals surface area contributed by atoms with Crippen molar-refractivity contribution in [2.45, 2.75) is 37.8 Å². The third-order valence-corrected chi connectivity index (χ3v) is 8.12. The molecule has 0 spiro atoms. The van der Waals surface area contributed by atoms with Gasteiger partial charge in [-0.15, -0.1) is 0 Å². The van der Waals surface area contributed by atoms with Gasteiger partial charge >= 0.3 is 0 Å². The lowest BCUT2D eigenvalue weighted by atomic mass is 10.00. The van der Waals surface area contributed by atoms with E-state index in [2.05, 4.69) is 75.0 Å². The summed E-state index contributed by atoms with van der Waals surface area (Å²) in [7, 11) is 3.79. The first kappa shape index (κ1) is 26.1. The molecule has 0 bridgehead atoms. The Morgan fingerprint density at radius 3 is 2.55 bits per heavy atom. The zero-order valence-electron chi connectivity index (χ0n) is 23.2.